The number of nitrogen functional groups attached to an aromatic ring is 2. The van der Waals surface area contributed by atoms with E-state index in [-0.39, 0.29) is 22.4 Å². The number of hydrogen-bond acceptors (Lipinski definition) is 13. The average molecular weight is 586 g/mol. The van der Waals surface area contributed by atoms with Crippen molar-refractivity contribution < 1.29 is 46.3 Å². The van der Waals surface area contributed by atoms with Gasteiger partial charge in [-0.3, -0.25) is 19.6 Å². The molecular formula is C20H23N7O10S2. The molecule has 0 bridgehead atoms. The number of thiazole rings is 1. The third-order valence-corrected chi connectivity index (χ3v) is 6.21. The maximum Gasteiger partial charge on any atom is 0.418 e. The minimum atomic E-state index is -5.00. The Labute approximate surface area is 224 Å². The third kappa shape index (κ3) is 6.96. The summed E-state index contributed by atoms with van der Waals surface area (Å²) in [7, 11) is -5.00. The lowest BCUT2D eigenvalue weighted by atomic mass is 9.84. The number of aromatic nitrogens is 1. The van der Waals surface area contributed by atoms with Gasteiger partial charge in [-0.15, -0.1) is 15.6 Å². The largest absolute Gasteiger partial charge is 0.478 e. The van der Waals surface area contributed by atoms with E-state index in [0.29, 0.717) is 10.6 Å². The van der Waals surface area contributed by atoms with E-state index in [1.165, 1.54) is 43.5 Å². The molecule has 2 heterocycles. The highest BCUT2D eigenvalue weighted by Crippen LogP contribution is 2.33. The van der Waals surface area contributed by atoms with Gasteiger partial charge in [-0.05, 0) is 38.1 Å². The van der Waals surface area contributed by atoms with Gasteiger partial charge in [0.25, 0.3) is 11.8 Å². The summed E-state index contributed by atoms with van der Waals surface area (Å²) in [6.45, 7) is 2.05. The molecule has 210 valence electrons. The van der Waals surface area contributed by atoms with Crippen molar-refractivity contribution in [1.29, 1.82) is 5.41 Å². The van der Waals surface area contributed by atoms with Crippen molar-refractivity contribution in [3.8, 4) is 5.75 Å². The zero-order valence-corrected chi connectivity index (χ0v) is 21.9. The number of nitrogens with zero attached hydrogens (tertiary/aromatic N) is 3. The number of amidine groups is 1. The molecule has 0 aliphatic carbocycles. The van der Waals surface area contributed by atoms with Crippen molar-refractivity contribution in [2.24, 2.45) is 10.9 Å². The Balaban J connectivity index is 1.75. The number of hydrogen-bond donors (Lipinski definition) is 6. The first-order valence-electron chi connectivity index (χ1n) is 10.7. The van der Waals surface area contributed by atoms with E-state index in [1.807, 2.05) is 0 Å². The van der Waals surface area contributed by atoms with Crippen LogP contribution in [-0.4, -0.2) is 81.7 Å². The molecule has 1 saturated heterocycles. The van der Waals surface area contributed by atoms with Gasteiger partial charge in [0.1, 0.15) is 23.3 Å². The van der Waals surface area contributed by atoms with E-state index in [4.69, 9.17) is 31.0 Å². The topological polar surface area (TPSA) is 270 Å². The molecule has 0 radical (unpaired) electrons. The van der Waals surface area contributed by atoms with Gasteiger partial charge >= 0.3 is 16.4 Å². The van der Waals surface area contributed by atoms with Gasteiger partial charge in [-0.2, -0.15) is 13.5 Å². The van der Waals surface area contributed by atoms with Crippen LogP contribution in [0.1, 0.15) is 25.1 Å². The predicted octanol–water partition coefficient (Wildman–Crippen LogP) is -0.898. The molecule has 1 aliphatic heterocycles. The fraction of sp³-hybridized carbons (Fsp3) is 0.300. The molecule has 1 aromatic carbocycles. The first kappa shape index (κ1) is 29.2. The van der Waals surface area contributed by atoms with Gasteiger partial charge < -0.3 is 31.5 Å². The molecular weight excluding hydrogens is 562 g/mol. The molecule has 2 amide bonds. The molecule has 2 aromatic rings. The number of carboxylic acids is 1. The highest BCUT2D eigenvalue weighted by atomic mass is 32.3. The number of oxime groups is 1. The monoisotopic (exact) mass is 585 g/mol. The summed E-state index contributed by atoms with van der Waals surface area (Å²) in [5.74, 6) is -3.45. The Kier molecular flexibility index (Phi) is 8.39. The van der Waals surface area contributed by atoms with Crippen molar-refractivity contribution in [2.75, 3.05) is 12.3 Å². The molecule has 8 N–H and O–H groups in total. The van der Waals surface area contributed by atoms with E-state index < -0.39 is 58.2 Å². The van der Waals surface area contributed by atoms with Crippen LogP contribution >= 0.6 is 11.3 Å². The van der Waals surface area contributed by atoms with E-state index in [2.05, 4.69) is 19.7 Å². The van der Waals surface area contributed by atoms with Crippen LogP contribution in [0, 0.1) is 5.41 Å². The molecule has 2 atom stereocenters. The fourth-order valence-corrected chi connectivity index (χ4v) is 4.22. The van der Waals surface area contributed by atoms with E-state index >= 15 is 0 Å². The zero-order valence-electron chi connectivity index (χ0n) is 20.2. The second-order valence-corrected chi connectivity index (χ2v) is 10.3. The van der Waals surface area contributed by atoms with E-state index in [0.717, 1.165) is 11.3 Å². The van der Waals surface area contributed by atoms with Crippen LogP contribution < -0.4 is 21.5 Å². The first-order valence-corrected chi connectivity index (χ1v) is 12.9. The summed E-state index contributed by atoms with van der Waals surface area (Å²) in [6, 6.07) is 4.41. The molecule has 1 fully saturated rings. The van der Waals surface area contributed by atoms with Crippen LogP contribution in [-0.2, 0) is 33.9 Å². The fourth-order valence-electron chi connectivity index (χ4n) is 3.22. The van der Waals surface area contributed by atoms with Crippen molar-refractivity contribution >= 4 is 56.2 Å². The number of aliphatic carboxylic acids is 1. The summed E-state index contributed by atoms with van der Waals surface area (Å²) < 4.78 is 40.5. The van der Waals surface area contributed by atoms with Crippen molar-refractivity contribution in [3.05, 3.63) is 40.9 Å². The maximum atomic E-state index is 13.0. The molecule has 0 saturated carbocycles. The number of carboxylic acid groups (broad SMARTS) is 1. The molecule has 3 rings (SSSR count). The smallest absolute Gasteiger partial charge is 0.418 e. The lowest BCUT2D eigenvalue weighted by Gasteiger charge is -2.50. The van der Waals surface area contributed by atoms with Crippen LogP contribution in [0.15, 0.2) is 34.8 Å². The minimum absolute atomic E-state index is 0.0572. The maximum absolute atomic E-state index is 13.0. The molecule has 17 nitrogen and oxygen atoms in total. The van der Waals surface area contributed by atoms with Crippen LogP contribution in [0.5, 0.6) is 5.75 Å². The van der Waals surface area contributed by atoms with Crippen LogP contribution in [0.3, 0.4) is 0 Å². The minimum Gasteiger partial charge on any atom is -0.478 e. The Bertz CT molecular complexity index is 1420. The normalized spacial score (nSPS) is 17.6. The Morgan fingerprint density at radius 1 is 1.33 bits per heavy atom. The predicted molar refractivity (Wildman–Crippen MR) is 134 cm³/mol. The quantitative estimate of drug-likeness (QED) is 0.0580. The molecule has 19 heteroatoms. The molecule has 0 spiro atoms. The summed E-state index contributed by atoms with van der Waals surface area (Å²) >= 11 is 0.963. The van der Waals surface area contributed by atoms with Crippen molar-refractivity contribution in [1.82, 2.24) is 15.4 Å². The number of rotatable bonds is 12. The number of nitrogens with one attached hydrogen (secondary N) is 2. The zero-order chi connectivity index (χ0) is 29.1. The van der Waals surface area contributed by atoms with Gasteiger partial charge in [0.05, 0.1) is 5.54 Å². The number of carbonyl (C=O) groups excluding carboxylic acids is 2. The standard InChI is InChI=1S/C20H23N7O10S2/c1-20(2)14(17(29)27(20)37-39(32,33)34)25-16(28)13(11-8-38-19(23)24-11)26-35-7-12(18(30)31)36-10-5-3-9(4-6-10)15(21)22/h3-6,8,12,14H,7H2,1-2H3,(H3,21,22)(H2,23,24)(H,25,28)(H,30,31)(H,32,33,34)/b26-13-/t12-,14+/m0/s1. The second-order valence-electron chi connectivity index (χ2n) is 8.38. The van der Waals surface area contributed by atoms with Crippen molar-refractivity contribution in [3.63, 3.8) is 0 Å². The summed E-state index contributed by atoms with van der Waals surface area (Å²) in [5.41, 5.74) is 9.47. The average Bonchev–Trinajstić information content (AvgIpc) is 3.27. The van der Waals surface area contributed by atoms with E-state index in [9.17, 15) is 27.9 Å². The number of nitrogens with two attached hydrogens (primary N) is 2. The highest BCUT2D eigenvalue weighted by Gasteiger charge is 2.58. The number of anilines is 1. The Morgan fingerprint density at radius 2 is 1.97 bits per heavy atom. The van der Waals surface area contributed by atoms with Crippen molar-refractivity contribution in [2.45, 2.75) is 31.5 Å². The summed E-state index contributed by atoms with van der Waals surface area (Å²) in [5, 5.41) is 24.7. The summed E-state index contributed by atoms with van der Waals surface area (Å²) in [6.07, 6.45) is -1.57. The number of β-lactam (4-membered cyclic amide) rings is 1. The van der Waals surface area contributed by atoms with Crippen LogP contribution in [0.2, 0.25) is 0 Å². The number of amides is 2. The number of hydroxylamine groups is 2. The van der Waals surface area contributed by atoms with E-state index in [1.54, 1.807) is 0 Å². The molecule has 0 unspecified atom stereocenters. The van der Waals surface area contributed by atoms with Gasteiger partial charge in [0, 0.05) is 10.9 Å². The van der Waals surface area contributed by atoms with Gasteiger partial charge in [-0.25, -0.2) is 9.78 Å². The van der Waals surface area contributed by atoms with Crippen LogP contribution in [0.4, 0.5) is 5.13 Å². The lowest BCUT2D eigenvalue weighted by molar-refractivity contribution is -0.218. The lowest BCUT2D eigenvalue weighted by Crippen LogP contribution is -2.76. The molecule has 1 aliphatic rings. The Morgan fingerprint density at radius 3 is 2.46 bits per heavy atom. The second kappa shape index (κ2) is 11.2. The first-order chi connectivity index (χ1) is 18.1. The third-order valence-electron chi connectivity index (χ3n) is 5.20. The number of ether oxygens (including phenoxy) is 1. The number of carbonyl (C=O) groups is 3. The summed E-state index contributed by atoms with van der Waals surface area (Å²) in [4.78, 5) is 46.1. The Hall–Kier alpha value is -4.33. The van der Waals surface area contributed by atoms with Gasteiger partial charge in [0.2, 0.25) is 6.10 Å². The number of benzene rings is 1. The van der Waals surface area contributed by atoms with Gasteiger partial charge in [-0.1, -0.05) is 5.16 Å². The van der Waals surface area contributed by atoms with Gasteiger partial charge in [0.15, 0.2) is 17.5 Å². The SMILES string of the molecule is CC1(C)[C@H](NC(=O)/C(=N\OC[C@H](Oc2ccc(C(=N)N)cc2)C(=O)O)c2csc(N)n2)C(=O)N1OS(=O)(=O)O. The molecule has 1 aromatic heterocycles. The highest BCUT2D eigenvalue weighted by molar-refractivity contribution is 7.80. The van der Waals surface area contributed by atoms with Crippen LogP contribution in [0.25, 0.3) is 0 Å². The molecule has 39 heavy (non-hydrogen) atoms.